The molecule has 1 aliphatic carbocycles. The van der Waals surface area contributed by atoms with Gasteiger partial charge >= 0.3 is 0 Å². The zero-order valence-corrected chi connectivity index (χ0v) is 16.7. The average Bonchev–Trinajstić information content (AvgIpc) is 3.13. The molecule has 0 spiro atoms. The lowest BCUT2D eigenvalue weighted by molar-refractivity contribution is -0.114. The van der Waals surface area contributed by atoms with Gasteiger partial charge in [-0.25, -0.2) is 9.97 Å². The highest BCUT2D eigenvalue weighted by molar-refractivity contribution is 7.14. The van der Waals surface area contributed by atoms with Crippen molar-refractivity contribution in [2.24, 2.45) is 0 Å². The van der Waals surface area contributed by atoms with E-state index in [0.717, 1.165) is 29.8 Å². The van der Waals surface area contributed by atoms with Crippen molar-refractivity contribution in [2.45, 2.75) is 32.3 Å². The number of nitrogens with zero attached hydrogens (tertiary/aromatic N) is 2. The van der Waals surface area contributed by atoms with Crippen molar-refractivity contribution in [1.82, 2.24) is 9.97 Å². The molecule has 0 atom stereocenters. The second-order valence-corrected chi connectivity index (χ2v) is 7.66. The maximum absolute atomic E-state index is 12.6. The third-order valence-corrected chi connectivity index (χ3v) is 5.32. The number of rotatable bonds is 6. The first-order valence-electron chi connectivity index (χ1n) is 9.34. The van der Waals surface area contributed by atoms with Gasteiger partial charge in [-0.05, 0) is 37.5 Å². The second-order valence-electron chi connectivity index (χ2n) is 6.80. The largest absolute Gasteiger partial charge is 0.474 e. The summed E-state index contributed by atoms with van der Waals surface area (Å²) in [6.07, 6.45) is 5.02. The van der Waals surface area contributed by atoms with Gasteiger partial charge in [0.25, 0.3) is 5.91 Å². The highest BCUT2D eigenvalue weighted by Gasteiger charge is 2.20. The topological polar surface area (TPSA) is 93.2 Å². The maximum Gasteiger partial charge on any atom is 0.257 e. The van der Waals surface area contributed by atoms with Crippen LogP contribution in [0.15, 0.2) is 48.0 Å². The Hall–Kier alpha value is -3.26. The van der Waals surface area contributed by atoms with Gasteiger partial charge in [-0.2, -0.15) is 0 Å². The normalized spacial score (nSPS) is 13.4. The minimum atomic E-state index is -0.257. The molecule has 0 unspecified atom stereocenters. The molecule has 2 N–H and O–H groups in total. The van der Waals surface area contributed by atoms with Crippen LogP contribution in [-0.2, 0) is 4.79 Å². The zero-order valence-electron chi connectivity index (χ0n) is 15.8. The molecule has 4 rings (SSSR count). The SMILES string of the molecule is CC(=O)Nc1ccc(-c2csc(NC(=O)c3ccnc(OC4CCC4)c3)n2)cc1. The number of thiazole rings is 1. The molecule has 0 aliphatic heterocycles. The highest BCUT2D eigenvalue weighted by Crippen LogP contribution is 2.27. The fourth-order valence-corrected chi connectivity index (χ4v) is 3.55. The van der Waals surface area contributed by atoms with E-state index in [-0.39, 0.29) is 17.9 Å². The van der Waals surface area contributed by atoms with E-state index in [1.54, 1.807) is 18.3 Å². The number of hydrogen-bond donors (Lipinski definition) is 2. The van der Waals surface area contributed by atoms with Crippen molar-refractivity contribution < 1.29 is 14.3 Å². The number of amides is 2. The van der Waals surface area contributed by atoms with Crippen LogP contribution in [0.5, 0.6) is 5.88 Å². The van der Waals surface area contributed by atoms with Gasteiger partial charge in [0.15, 0.2) is 5.13 Å². The average molecular weight is 408 g/mol. The molecule has 2 amide bonds. The number of aromatic nitrogens is 2. The maximum atomic E-state index is 12.6. The number of hydrogen-bond acceptors (Lipinski definition) is 6. The Balaban J connectivity index is 1.41. The molecular weight excluding hydrogens is 388 g/mol. The van der Waals surface area contributed by atoms with E-state index in [2.05, 4.69) is 20.6 Å². The van der Waals surface area contributed by atoms with E-state index in [1.807, 2.05) is 29.6 Å². The summed E-state index contributed by atoms with van der Waals surface area (Å²) in [7, 11) is 0. The van der Waals surface area contributed by atoms with E-state index in [1.165, 1.54) is 24.7 Å². The molecule has 2 heterocycles. The molecule has 2 aromatic heterocycles. The first-order valence-corrected chi connectivity index (χ1v) is 10.2. The number of ether oxygens (including phenoxy) is 1. The van der Waals surface area contributed by atoms with Crippen molar-refractivity contribution in [2.75, 3.05) is 10.6 Å². The van der Waals surface area contributed by atoms with Gasteiger partial charge in [0.2, 0.25) is 11.8 Å². The van der Waals surface area contributed by atoms with Crippen LogP contribution in [0.1, 0.15) is 36.5 Å². The Kier molecular flexibility index (Phi) is 5.53. The van der Waals surface area contributed by atoms with Gasteiger partial charge in [-0.15, -0.1) is 11.3 Å². The van der Waals surface area contributed by atoms with Crippen molar-refractivity contribution in [3.63, 3.8) is 0 Å². The van der Waals surface area contributed by atoms with Crippen molar-refractivity contribution in [3.05, 3.63) is 53.5 Å². The molecule has 0 radical (unpaired) electrons. The third-order valence-electron chi connectivity index (χ3n) is 4.56. The van der Waals surface area contributed by atoms with Crippen molar-refractivity contribution in [1.29, 1.82) is 0 Å². The fourth-order valence-electron chi connectivity index (χ4n) is 2.84. The zero-order chi connectivity index (χ0) is 20.2. The van der Waals surface area contributed by atoms with Gasteiger partial charge < -0.3 is 10.1 Å². The Morgan fingerprint density at radius 3 is 2.62 bits per heavy atom. The van der Waals surface area contributed by atoms with E-state index in [9.17, 15) is 9.59 Å². The summed E-state index contributed by atoms with van der Waals surface area (Å²) in [5.41, 5.74) is 2.85. The van der Waals surface area contributed by atoms with E-state index < -0.39 is 0 Å². The Morgan fingerprint density at radius 2 is 1.93 bits per heavy atom. The standard InChI is InChI=1S/C21H20N4O3S/c1-13(26)23-16-7-5-14(6-8-16)18-12-29-21(24-18)25-20(27)15-9-10-22-19(11-15)28-17-3-2-4-17/h5-12,17H,2-4H2,1H3,(H,23,26)(H,24,25,27). The summed E-state index contributed by atoms with van der Waals surface area (Å²) in [5, 5.41) is 7.93. The van der Waals surface area contributed by atoms with Gasteiger partial charge in [0.1, 0.15) is 6.10 Å². The van der Waals surface area contributed by atoms with Crippen LogP contribution >= 0.6 is 11.3 Å². The minimum Gasteiger partial charge on any atom is -0.474 e. The molecule has 1 fully saturated rings. The molecule has 3 aromatic rings. The van der Waals surface area contributed by atoms with Crippen molar-refractivity contribution >= 4 is 34.0 Å². The van der Waals surface area contributed by atoms with Crippen LogP contribution < -0.4 is 15.4 Å². The number of benzene rings is 1. The molecule has 1 aliphatic rings. The Bertz CT molecular complexity index is 1030. The number of carbonyl (C=O) groups is 2. The van der Waals surface area contributed by atoms with Gasteiger partial charge in [-0.1, -0.05) is 12.1 Å². The first kappa shape index (κ1) is 19.1. The predicted octanol–water partition coefficient (Wildman–Crippen LogP) is 4.35. The lowest BCUT2D eigenvalue weighted by Gasteiger charge is -2.25. The van der Waals surface area contributed by atoms with Crippen LogP contribution in [0.4, 0.5) is 10.8 Å². The lowest BCUT2D eigenvalue weighted by Crippen LogP contribution is -2.25. The van der Waals surface area contributed by atoms with E-state index in [0.29, 0.717) is 16.6 Å². The highest BCUT2D eigenvalue weighted by atomic mass is 32.1. The fraction of sp³-hybridized carbons (Fsp3) is 0.238. The first-order chi connectivity index (χ1) is 14.1. The molecule has 8 heteroatoms. The summed E-state index contributed by atoms with van der Waals surface area (Å²) in [4.78, 5) is 32.3. The van der Waals surface area contributed by atoms with Crippen molar-refractivity contribution in [3.8, 4) is 17.1 Å². The van der Waals surface area contributed by atoms with E-state index in [4.69, 9.17) is 4.74 Å². The lowest BCUT2D eigenvalue weighted by atomic mass is 9.96. The Morgan fingerprint density at radius 1 is 1.14 bits per heavy atom. The smallest absolute Gasteiger partial charge is 0.257 e. The van der Waals surface area contributed by atoms with Crippen LogP contribution in [0.2, 0.25) is 0 Å². The van der Waals surface area contributed by atoms with Gasteiger partial charge in [0.05, 0.1) is 5.69 Å². The van der Waals surface area contributed by atoms with Crippen LogP contribution in [0.25, 0.3) is 11.3 Å². The molecule has 0 saturated heterocycles. The molecule has 29 heavy (non-hydrogen) atoms. The third kappa shape index (κ3) is 4.78. The minimum absolute atomic E-state index is 0.117. The van der Waals surface area contributed by atoms with Gasteiger partial charge in [-0.3, -0.25) is 14.9 Å². The number of pyridine rings is 1. The summed E-state index contributed by atoms with van der Waals surface area (Å²) < 4.78 is 5.76. The molecule has 1 saturated carbocycles. The molecular formula is C21H20N4O3S. The van der Waals surface area contributed by atoms with E-state index >= 15 is 0 Å². The Labute approximate surface area is 172 Å². The molecule has 1 aromatic carbocycles. The summed E-state index contributed by atoms with van der Waals surface area (Å²) in [6.45, 7) is 1.47. The van der Waals surface area contributed by atoms with Crippen LogP contribution in [0, 0.1) is 0 Å². The predicted molar refractivity (Wildman–Crippen MR) is 112 cm³/mol. The quantitative estimate of drug-likeness (QED) is 0.633. The number of nitrogens with one attached hydrogen (secondary N) is 2. The molecule has 7 nitrogen and oxygen atoms in total. The number of anilines is 2. The van der Waals surface area contributed by atoms with Crippen LogP contribution in [-0.4, -0.2) is 27.9 Å². The summed E-state index contributed by atoms with van der Waals surface area (Å²) >= 11 is 1.35. The molecule has 0 bridgehead atoms. The molecule has 148 valence electrons. The monoisotopic (exact) mass is 408 g/mol. The number of carbonyl (C=O) groups excluding carboxylic acids is 2. The summed E-state index contributed by atoms with van der Waals surface area (Å²) in [5.74, 6) is 0.1000. The van der Waals surface area contributed by atoms with Crippen LogP contribution in [0.3, 0.4) is 0 Å². The summed E-state index contributed by atoms with van der Waals surface area (Å²) in [6, 6.07) is 10.7. The second kappa shape index (κ2) is 8.40. The van der Waals surface area contributed by atoms with Gasteiger partial charge in [0, 0.05) is 41.4 Å².